The summed E-state index contributed by atoms with van der Waals surface area (Å²) in [4.78, 5) is 14.7. The number of esters is 1. The Bertz CT molecular complexity index is 499. The van der Waals surface area contributed by atoms with Crippen molar-refractivity contribution in [2.75, 3.05) is 19.7 Å². The highest BCUT2D eigenvalue weighted by atomic mass is 16.5. The van der Waals surface area contributed by atoms with E-state index in [9.17, 15) is 4.79 Å². The number of nitrogens with zero attached hydrogens (tertiary/aromatic N) is 2. The van der Waals surface area contributed by atoms with Crippen LogP contribution in [-0.2, 0) is 22.4 Å². The molecule has 1 N–H and O–H groups in total. The number of hydrogen-bond acceptors (Lipinski definition) is 4. The quantitative estimate of drug-likeness (QED) is 0.859. The summed E-state index contributed by atoms with van der Waals surface area (Å²) in [5, 5.41) is 7.30. The topological polar surface area (TPSA) is 58.2 Å². The van der Waals surface area contributed by atoms with E-state index in [1.807, 2.05) is 13.1 Å². The third kappa shape index (κ3) is 2.84. The number of carbonyl (C=O) groups is 1. The zero-order chi connectivity index (χ0) is 14.8. The number of aromatic nitrogens is 2. The van der Waals surface area contributed by atoms with Crippen molar-refractivity contribution in [1.82, 2.24) is 15.1 Å². The molecule has 3 rings (SSSR count). The lowest BCUT2D eigenvalue weighted by atomic mass is 9.74. The lowest BCUT2D eigenvalue weighted by Gasteiger charge is -2.46. The van der Waals surface area contributed by atoms with Crippen LogP contribution in [0.5, 0.6) is 0 Å². The van der Waals surface area contributed by atoms with Gasteiger partial charge in [-0.1, -0.05) is 6.92 Å². The largest absolute Gasteiger partial charge is 0.466 e. The van der Waals surface area contributed by atoms with Crippen LogP contribution in [0.4, 0.5) is 0 Å². The fourth-order valence-electron chi connectivity index (χ4n) is 3.98. The van der Waals surface area contributed by atoms with E-state index in [4.69, 9.17) is 4.74 Å². The van der Waals surface area contributed by atoms with E-state index in [0.29, 0.717) is 18.6 Å². The Hall–Kier alpha value is -1.36. The Morgan fingerprint density at radius 3 is 3.10 bits per heavy atom. The molecule has 3 unspecified atom stereocenters. The number of hydrogen-bond donors (Lipinski definition) is 1. The van der Waals surface area contributed by atoms with Crippen LogP contribution < -0.4 is 0 Å². The first-order valence-electron chi connectivity index (χ1n) is 8.14. The molecule has 1 fully saturated rings. The van der Waals surface area contributed by atoms with Crippen molar-refractivity contribution >= 4 is 5.97 Å². The third-order valence-electron chi connectivity index (χ3n) is 4.89. The molecule has 0 aromatic carbocycles. The summed E-state index contributed by atoms with van der Waals surface area (Å²) in [5.41, 5.74) is 2.61. The molecule has 3 atom stereocenters. The Morgan fingerprint density at radius 2 is 2.33 bits per heavy atom. The van der Waals surface area contributed by atoms with E-state index in [2.05, 4.69) is 22.0 Å². The van der Waals surface area contributed by atoms with Crippen LogP contribution in [0.1, 0.15) is 37.9 Å². The van der Waals surface area contributed by atoms with Crippen LogP contribution in [-0.4, -0.2) is 46.8 Å². The summed E-state index contributed by atoms with van der Waals surface area (Å²) >= 11 is 0. The maximum Gasteiger partial charge on any atom is 0.310 e. The average Bonchev–Trinajstić information content (AvgIpc) is 2.92. The molecular weight excluding hydrogens is 266 g/mol. The highest BCUT2D eigenvalue weighted by Crippen LogP contribution is 2.36. The number of carbonyl (C=O) groups excluding carboxylic acids is 1. The molecule has 0 spiro atoms. The monoisotopic (exact) mass is 291 g/mol. The van der Waals surface area contributed by atoms with Gasteiger partial charge in [0.1, 0.15) is 0 Å². The summed E-state index contributed by atoms with van der Waals surface area (Å²) in [6.45, 7) is 6.47. The number of aromatic amines is 1. The van der Waals surface area contributed by atoms with Crippen molar-refractivity contribution in [3.8, 4) is 0 Å². The van der Waals surface area contributed by atoms with Gasteiger partial charge in [-0.2, -0.15) is 5.10 Å². The minimum Gasteiger partial charge on any atom is -0.466 e. The first-order chi connectivity index (χ1) is 10.2. The van der Waals surface area contributed by atoms with Gasteiger partial charge in [-0.3, -0.25) is 14.8 Å². The Kier molecular flexibility index (Phi) is 4.29. The molecule has 1 aromatic rings. The van der Waals surface area contributed by atoms with Crippen molar-refractivity contribution in [2.45, 2.75) is 45.6 Å². The fourth-order valence-corrected chi connectivity index (χ4v) is 3.98. The summed E-state index contributed by atoms with van der Waals surface area (Å²) in [7, 11) is 0. The zero-order valence-corrected chi connectivity index (χ0v) is 13.0. The first kappa shape index (κ1) is 14.6. The smallest absolute Gasteiger partial charge is 0.310 e. The molecule has 2 heterocycles. The van der Waals surface area contributed by atoms with Gasteiger partial charge >= 0.3 is 5.97 Å². The maximum absolute atomic E-state index is 12.1. The van der Waals surface area contributed by atoms with Gasteiger partial charge in [-0.25, -0.2) is 0 Å². The molecule has 116 valence electrons. The lowest BCUT2D eigenvalue weighted by Crippen LogP contribution is -2.53. The van der Waals surface area contributed by atoms with Gasteiger partial charge in [0.05, 0.1) is 18.7 Å². The van der Waals surface area contributed by atoms with Gasteiger partial charge in [-0.15, -0.1) is 0 Å². The van der Waals surface area contributed by atoms with Gasteiger partial charge < -0.3 is 4.74 Å². The van der Waals surface area contributed by atoms with Crippen molar-refractivity contribution in [2.24, 2.45) is 11.8 Å². The van der Waals surface area contributed by atoms with Gasteiger partial charge in [-0.05, 0) is 50.6 Å². The maximum atomic E-state index is 12.1. The molecule has 1 aliphatic carbocycles. The molecule has 0 radical (unpaired) electrons. The standard InChI is InChI=1S/C16H25N3O2/c1-3-5-19-10-13(16(20)21-4-2)6-11-7-14-12(8-15(11)19)9-17-18-14/h9,11,13,15H,3-8,10H2,1-2H3,(H,17,18). The predicted octanol–water partition coefficient (Wildman–Crippen LogP) is 1.79. The second-order valence-corrected chi connectivity index (χ2v) is 6.29. The van der Waals surface area contributed by atoms with Gasteiger partial charge in [0.2, 0.25) is 0 Å². The van der Waals surface area contributed by atoms with Crippen molar-refractivity contribution in [1.29, 1.82) is 0 Å². The first-order valence-corrected chi connectivity index (χ1v) is 8.14. The number of H-pyrrole nitrogens is 1. The number of piperidine rings is 1. The molecule has 21 heavy (non-hydrogen) atoms. The van der Waals surface area contributed by atoms with E-state index in [1.54, 1.807) is 0 Å². The van der Waals surface area contributed by atoms with Crippen LogP contribution >= 0.6 is 0 Å². The van der Waals surface area contributed by atoms with Crippen molar-refractivity contribution in [3.05, 3.63) is 17.5 Å². The summed E-state index contributed by atoms with van der Waals surface area (Å²) in [6, 6.07) is 0.556. The van der Waals surface area contributed by atoms with E-state index in [1.165, 1.54) is 11.3 Å². The summed E-state index contributed by atoms with van der Waals surface area (Å²) in [6.07, 6.45) is 6.11. The Balaban J connectivity index is 1.78. The van der Waals surface area contributed by atoms with Crippen LogP contribution in [0.3, 0.4) is 0 Å². The number of ether oxygens (including phenoxy) is 1. The molecule has 0 amide bonds. The molecule has 1 saturated heterocycles. The van der Waals surface area contributed by atoms with E-state index in [0.717, 1.165) is 38.8 Å². The number of likely N-dealkylation sites (tertiary alicyclic amines) is 1. The normalized spacial score (nSPS) is 28.8. The second-order valence-electron chi connectivity index (χ2n) is 6.29. The number of rotatable bonds is 4. The van der Waals surface area contributed by atoms with Gasteiger partial charge in [0, 0.05) is 18.3 Å². The molecule has 1 aliphatic heterocycles. The van der Waals surface area contributed by atoms with Crippen LogP contribution in [0.15, 0.2) is 6.20 Å². The highest BCUT2D eigenvalue weighted by molar-refractivity contribution is 5.73. The molecule has 2 aliphatic rings. The molecular formula is C16H25N3O2. The lowest BCUT2D eigenvalue weighted by molar-refractivity contribution is -0.152. The molecule has 0 saturated carbocycles. The minimum absolute atomic E-state index is 0.0209. The van der Waals surface area contributed by atoms with Gasteiger partial charge in [0.25, 0.3) is 0 Å². The van der Waals surface area contributed by atoms with Crippen LogP contribution in [0, 0.1) is 11.8 Å². The number of nitrogens with one attached hydrogen (secondary N) is 1. The van der Waals surface area contributed by atoms with Crippen molar-refractivity contribution < 1.29 is 9.53 Å². The summed E-state index contributed by atoms with van der Waals surface area (Å²) < 4.78 is 5.26. The van der Waals surface area contributed by atoms with Gasteiger partial charge in [0.15, 0.2) is 0 Å². The van der Waals surface area contributed by atoms with Crippen LogP contribution in [0.2, 0.25) is 0 Å². The Morgan fingerprint density at radius 1 is 1.48 bits per heavy atom. The second kappa shape index (κ2) is 6.18. The van der Waals surface area contributed by atoms with Crippen molar-refractivity contribution in [3.63, 3.8) is 0 Å². The predicted molar refractivity (Wildman–Crippen MR) is 79.9 cm³/mol. The SMILES string of the molecule is CCCN1CC(C(=O)OCC)CC2Cc3[nH]ncc3CC21. The van der Waals surface area contributed by atoms with Crippen LogP contribution in [0.25, 0.3) is 0 Å². The van der Waals surface area contributed by atoms with E-state index < -0.39 is 0 Å². The molecule has 0 bridgehead atoms. The summed E-state index contributed by atoms with van der Waals surface area (Å²) in [5.74, 6) is 0.544. The molecule has 5 nitrogen and oxygen atoms in total. The van der Waals surface area contributed by atoms with E-state index in [-0.39, 0.29) is 11.9 Å². The minimum atomic E-state index is -0.0209. The Labute approximate surface area is 126 Å². The zero-order valence-electron chi connectivity index (χ0n) is 13.0. The third-order valence-corrected chi connectivity index (χ3v) is 4.89. The molecule has 1 aromatic heterocycles. The average molecular weight is 291 g/mol. The van der Waals surface area contributed by atoms with E-state index >= 15 is 0 Å². The fraction of sp³-hybridized carbons (Fsp3) is 0.750. The highest BCUT2D eigenvalue weighted by Gasteiger charge is 2.41. The molecule has 5 heteroatoms. The number of fused-ring (bicyclic) bond motifs is 2.